The summed E-state index contributed by atoms with van der Waals surface area (Å²) in [6, 6.07) is 10.6. The highest BCUT2D eigenvalue weighted by Gasteiger charge is 2.35. The maximum Gasteiger partial charge on any atom is 0.0731 e. The van der Waals surface area contributed by atoms with E-state index in [-0.39, 0.29) is 17.5 Å². The molecule has 0 spiro atoms. The third kappa shape index (κ3) is 3.05. The number of rotatable bonds is 5. The second kappa shape index (κ2) is 6.30. The van der Waals surface area contributed by atoms with Crippen molar-refractivity contribution in [1.29, 1.82) is 0 Å². The lowest BCUT2D eigenvalue weighted by Gasteiger charge is -2.35. The van der Waals surface area contributed by atoms with Crippen LogP contribution in [-0.4, -0.2) is 9.78 Å². The standard InChI is InChI=1S/C16H23BrN4/c1-11(2)21-14(13(17)10-19-21)15(20-18)16(3,4)12-8-6-5-7-9-12/h5-11,15,20H,18H2,1-4H3. The number of halogens is 1. The molecular formula is C16H23BrN4. The van der Waals surface area contributed by atoms with Gasteiger partial charge in [0.1, 0.15) is 0 Å². The minimum Gasteiger partial charge on any atom is -0.271 e. The molecule has 0 saturated carbocycles. The van der Waals surface area contributed by atoms with Crippen molar-refractivity contribution in [3.8, 4) is 0 Å². The lowest BCUT2D eigenvalue weighted by molar-refractivity contribution is 0.323. The Kier molecular flexibility index (Phi) is 4.86. The average molecular weight is 351 g/mol. The fourth-order valence-electron chi connectivity index (χ4n) is 2.70. The molecular weight excluding hydrogens is 328 g/mol. The van der Waals surface area contributed by atoms with Crippen LogP contribution in [0.4, 0.5) is 0 Å². The predicted molar refractivity (Wildman–Crippen MR) is 89.8 cm³/mol. The molecule has 1 atom stereocenters. The fraction of sp³-hybridized carbons (Fsp3) is 0.438. The Morgan fingerprint density at radius 1 is 1.24 bits per heavy atom. The zero-order valence-corrected chi connectivity index (χ0v) is 14.6. The first-order valence-corrected chi connectivity index (χ1v) is 7.93. The third-order valence-corrected chi connectivity index (χ3v) is 4.57. The van der Waals surface area contributed by atoms with Gasteiger partial charge in [0.2, 0.25) is 0 Å². The predicted octanol–water partition coefficient (Wildman–Crippen LogP) is 3.71. The highest BCUT2D eigenvalue weighted by molar-refractivity contribution is 9.10. The van der Waals surface area contributed by atoms with E-state index < -0.39 is 0 Å². The molecule has 5 heteroatoms. The summed E-state index contributed by atoms with van der Waals surface area (Å²) in [5, 5.41) is 4.47. The third-order valence-electron chi connectivity index (χ3n) is 3.96. The zero-order valence-electron chi connectivity index (χ0n) is 13.0. The molecule has 0 aliphatic rings. The smallest absolute Gasteiger partial charge is 0.0731 e. The zero-order chi connectivity index (χ0) is 15.6. The molecule has 114 valence electrons. The molecule has 1 heterocycles. The van der Waals surface area contributed by atoms with Gasteiger partial charge in [0.15, 0.2) is 0 Å². The van der Waals surface area contributed by atoms with E-state index in [9.17, 15) is 0 Å². The van der Waals surface area contributed by atoms with Crippen molar-refractivity contribution in [1.82, 2.24) is 15.2 Å². The molecule has 21 heavy (non-hydrogen) atoms. The van der Waals surface area contributed by atoms with E-state index in [1.54, 1.807) is 0 Å². The van der Waals surface area contributed by atoms with Gasteiger partial charge in [-0.05, 0) is 35.3 Å². The Hall–Kier alpha value is -1.17. The summed E-state index contributed by atoms with van der Waals surface area (Å²) in [5.41, 5.74) is 5.12. The molecule has 0 aliphatic carbocycles. The lowest BCUT2D eigenvalue weighted by Crippen LogP contribution is -2.42. The van der Waals surface area contributed by atoms with Crippen molar-refractivity contribution in [2.75, 3.05) is 0 Å². The van der Waals surface area contributed by atoms with Crippen LogP contribution in [-0.2, 0) is 5.41 Å². The molecule has 0 bridgehead atoms. The largest absolute Gasteiger partial charge is 0.271 e. The van der Waals surface area contributed by atoms with Crippen LogP contribution in [0.25, 0.3) is 0 Å². The number of nitrogens with one attached hydrogen (secondary N) is 1. The van der Waals surface area contributed by atoms with Crippen LogP contribution in [0.15, 0.2) is 41.0 Å². The minimum atomic E-state index is -0.175. The molecule has 1 aromatic heterocycles. The molecule has 2 aromatic rings. The molecule has 1 aromatic carbocycles. The summed E-state index contributed by atoms with van der Waals surface area (Å²) >= 11 is 3.61. The molecule has 2 rings (SSSR count). The van der Waals surface area contributed by atoms with Crippen molar-refractivity contribution in [3.63, 3.8) is 0 Å². The van der Waals surface area contributed by atoms with Gasteiger partial charge in [0.25, 0.3) is 0 Å². The van der Waals surface area contributed by atoms with Gasteiger partial charge in [-0.2, -0.15) is 5.10 Å². The summed E-state index contributed by atoms with van der Waals surface area (Å²) in [6.07, 6.45) is 1.83. The molecule has 0 saturated heterocycles. The second-order valence-corrected chi connectivity index (χ2v) is 6.96. The number of hydrogen-bond acceptors (Lipinski definition) is 3. The number of nitrogens with two attached hydrogens (primary N) is 1. The van der Waals surface area contributed by atoms with Crippen molar-refractivity contribution in [2.24, 2.45) is 5.84 Å². The lowest BCUT2D eigenvalue weighted by atomic mass is 9.76. The van der Waals surface area contributed by atoms with Crippen molar-refractivity contribution >= 4 is 15.9 Å². The number of aromatic nitrogens is 2. The van der Waals surface area contributed by atoms with Gasteiger partial charge in [-0.25, -0.2) is 0 Å². The molecule has 0 amide bonds. The molecule has 0 fully saturated rings. The van der Waals surface area contributed by atoms with Gasteiger partial charge < -0.3 is 0 Å². The quantitative estimate of drug-likeness (QED) is 0.638. The van der Waals surface area contributed by atoms with E-state index in [4.69, 9.17) is 5.84 Å². The number of hydrazine groups is 1. The topological polar surface area (TPSA) is 55.9 Å². The maximum atomic E-state index is 5.91. The molecule has 0 radical (unpaired) electrons. The van der Waals surface area contributed by atoms with Crippen molar-refractivity contribution < 1.29 is 0 Å². The van der Waals surface area contributed by atoms with E-state index >= 15 is 0 Å². The van der Waals surface area contributed by atoms with Gasteiger partial charge in [-0.3, -0.25) is 16.0 Å². The van der Waals surface area contributed by atoms with E-state index in [2.05, 4.69) is 78.4 Å². The highest BCUT2D eigenvalue weighted by atomic mass is 79.9. The number of nitrogens with zero attached hydrogens (tertiary/aromatic N) is 2. The van der Waals surface area contributed by atoms with Gasteiger partial charge in [0, 0.05) is 11.5 Å². The van der Waals surface area contributed by atoms with Crippen LogP contribution in [0.3, 0.4) is 0 Å². The summed E-state index contributed by atoms with van der Waals surface area (Å²) < 4.78 is 2.99. The first-order valence-electron chi connectivity index (χ1n) is 7.14. The van der Waals surface area contributed by atoms with Crippen molar-refractivity contribution in [2.45, 2.75) is 45.2 Å². The van der Waals surface area contributed by atoms with E-state index in [1.165, 1.54) is 5.56 Å². The Balaban J connectivity index is 2.52. The van der Waals surface area contributed by atoms with Crippen LogP contribution in [0.5, 0.6) is 0 Å². The Morgan fingerprint density at radius 2 is 1.86 bits per heavy atom. The Bertz CT molecular complexity index is 590. The van der Waals surface area contributed by atoms with Gasteiger partial charge in [0.05, 0.1) is 22.4 Å². The SMILES string of the molecule is CC(C)n1ncc(Br)c1C(NN)C(C)(C)c1ccccc1. The van der Waals surface area contributed by atoms with Crippen LogP contribution < -0.4 is 11.3 Å². The van der Waals surface area contributed by atoms with Gasteiger partial charge in [-0.15, -0.1) is 0 Å². The summed E-state index contributed by atoms with van der Waals surface area (Å²) in [5.74, 6) is 5.91. The first kappa shape index (κ1) is 16.2. The van der Waals surface area contributed by atoms with Crippen LogP contribution in [0.1, 0.15) is 51.0 Å². The van der Waals surface area contributed by atoms with E-state index in [0.29, 0.717) is 0 Å². The van der Waals surface area contributed by atoms with E-state index in [0.717, 1.165) is 10.2 Å². The summed E-state index contributed by atoms with van der Waals surface area (Å²) in [4.78, 5) is 0. The number of benzene rings is 1. The van der Waals surface area contributed by atoms with E-state index in [1.807, 2.05) is 16.9 Å². The molecule has 1 unspecified atom stereocenters. The number of hydrogen-bond donors (Lipinski definition) is 2. The maximum absolute atomic E-state index is 5.91. The minimum absolute atomic E-state index is 0.0563. The summed E-state index contributed by atoms with van der Waals surface area (Å²) in [7, 11) is 0. The van der Waals surface area contributed by atoms with Gasteiger partial charge >= 0.3 is 0 Å². The van der Waals surface area contributed by atoms with Crippen LogP contribution >= 0.6 is 15.9 Å². The average Bonchev–Trinajstić information content (AvgIpc) is 2.83. The first-order chi connectivity index (χ1) is 9.89. The molecule has 4 nitrogen and oxygen atoms in total. The van der Waals surface area contributed by atoms with Gasteiger partial charge in [-0.1, -0.05) is 44.2 Å². The Labute approximate surface area is 134 Å². The van der Waals surface area contributed by atoms with Crippen LogP contribution in [0, 0.1) is 0 Å². The van der Waals surface area contributed by atoms with Crippen molar-refractivity contribution in [3.05, 3.63) is 52.3 Å². The van der Waals surface area contributed by atoms with Crippen LogP contribution in [0.2, 0.25) is 0 Å². The second-order valence-electron chi connectivity index (χ2n) is 6.10. The highest BCUT2D eigenvalue weighted by Crippen LogP contribution is 2.39. The Morgan fingerprint density at radius 3 is 2.38 bits per heavy atom. The molecule has 3 N–H and O–H groups in total. The normalized spacial score (nSPS) is 13.7. The molecule has 0 aliphatic heterocycles. The summed E-state index contributed by atoms with van der Waals surface area (Å²) in [6.45, 7) is 8.62. The fourth-order valence-corrected chi connectivity index (χ4v) is 3.20. The monoisotopic (exact) mass is 350 g/mol.